The zero-order valence-corrected chi connectivity index (χ0v) is 15.3. The summed E-state index contributed by atoms with van der Waals surface area (Å²) in [6.45, 7) is 0.260. The molecule has 4 rings (SSSR count). The van der Waals surface area contributed by atoms with Crippen molar-refractivity contribution >= 4 is 39.9 Å². The van der Waals surface area contributed by atoms with Gasteiger partial charge in [-0.15, -0.1) is 5.10 Å². The Morgan fingerprint density at radius 3 is 2.57 bits per heavy atom. The first-order valence-electron chi connectivity index (χ1n) is 7.88. The largest absolute Gasteiger partial charge is 0.453 e. The lowest BCUT2D eigenvalue weighted by Crippen LogP contribution is -2.06. The van der Waals surface area contributed by atoms with Crippen molar-refractivity contribution in [2.24, 2.45) is 0 Å². The van der Waals surface area contributed by atoms with Crippen LogP contribution in [0, 0.1) is 0 Å². The highest BCUT2D eigenvalue weighted by Gasteiger charge is 2.33. The lowest BCUT2D eigenvalue weighted by Gasteiger charge is -2.12. The van der Waals surface area contributed by atoms with Gasteiger partial charge in [0, 0.05) is 22.6 Å². The third-order valence-electron chi connectivity index (χ3n) is 4.02. The van der Waals surface area contributed by atoms with E-state index in [2.05, 4.69) is 25.9 Å². The molecule has 0 saturated carbocycles. The van der Waals surface area contributed by atoms with Gasteiger partial charge in [0.15, 0.2) is 5.76 Å². The second-order valence-corrected chi connectivity index (χ2v) is 6.70. The molecule has 6 nitrogen and oxygen atoms in total. The number of H-pyrrole nitrogens is 1. The number of nitrogens with zero attached hydrogens (tertiary/aromatic N) is 3. The van der Waals surface area contributed by atoms with Gasteiger partial charge in [0.1, 0.15) is 5.58 Å². The fourth-order valence-electron chi connectivity index (χ4n) is 2.67. The molecule has 0 atom stereocenters. The second-order valence-electron chi connectivity index (χ2n) is 5.89. The summed E-state index contributed by atoms with van der Waals surface area (Å²) in [5.74, 6) is 0.835. The number of aromatic amines is 1. The molecular weight excluding hydrogens is 418 g/mol. The number of anilines is 1. The van der Waals surface area contributed by atoms with E-state index in [0.717, 1.165) is 11.5 Å². The third-order valence-corrected chi connectivity index (χ3v) is 4.69. The molecule has 0 unspecified atom stereocenters. The highest BCUT2D eigenvalue weighted by molar-refractivity contribution is 6.32. The maximum Gasteiger partial charge on any atom is 0.417 e. The zero-order chi connectivity index (χ0) is 19.9. The minimum atomic E-state index is -4.50. The second kappa shape index (κ2) is 6.99. The molecule has 0 fully saturated rings. The predicted molar refractivity (Wildman–Crippen MR) is 98.2 cm³/mol. The molecule has 0 aliphatic carbocycles. The minimum Gasteiger partial charge on any atom is -0.453 e. The molecule has 4 aromatic rings. The van der Waals surface area contributed by atoms with E-state index in [1.165, 1.54) is 12.1 Å². The molecule has 0 radical (unpaired) electrons. The van der Waals surface area contributed by atoms with E-state index in [1.807, 2.05) is 0 Å². The summed E-state index contributed by atoms with van der Waals surface area (Å²) in [6, 6.07) is 8.67. The standard InChI is InChI=1S/C17H10Cl2F3N5O/c18-12-3-8-4-15(16-24-26-27-25-16)28-14(8)5-9(12)7-23-10-1-2-11(13(19)6-10)17(20,21)22/h1-6,23H,7H2,(H,24,25,26,27). The number of rotatable bonds is 4. The quantitative estimate of drug-likeness (QED) is 0.446. The van der Waals surface area contributed by atoms with E-state index in [9.17, 15) is 13.2 Å². The molecule has 2 heterocycles. The highest BCUT2D eigenvalue weighted by atomic mass is 35.5. The number of furan rings is 1. The molecule has 0 aliphatic heterocycles. The molecule has 28 heavy (non-hydrogen) atoms. The van der Waals surface area contributed by atoms with Crippen molar-refractivity contribution in [1.29, 1.82) is 0 Å². The molecule has 2 aromatic carbocycles. The topological polar surface area (TPSA) is 79.6 Å². The summed E-state index contributed by atoms with van der Waals surface area (Å²) >= 11 is 12.1. The Hall–Kier alpha value is -2.78. The van der Waals surface area contributed by atoms with Gasteiger partial charge in [-0.25, -0.2) is 5.10 Å². The molecular formula is C17H10Cl2F3N5O. The Bertz CT molecular complexity index is 1140. The van der Waals surface area contributed by atoms with Gasteiger partial charge >= 0.3 is 6.18 Å². The summed E-state index contributed by atoms with van der Waals surface area (Å²) in [5.41, 5.74) is 0.811. The van der Waals surface area contributed by atoms with Crippen LogP contribution >= 0.6 is 23.2 Å². The van der Waals surface area contributed by atoms with Crippen molar-refractivity contribution in [2.75, 3.05) is 5.32 Å². The van der Waals surface area contributed by atoms with Crippen LogP contribution in [-0.4, -0.2) is 20.6 Å². The Labute approximate surface area is 165 Å². The van der Waals surface area contributed by atoms with Gasteiger partial charge < -0.3 is 9.73 Å². The first-order valence-corrected chi connectivity index (χ1v) is 8.63. The Balaban J connectivity index is 1.56. The molecule has 0 spiro atoms. The number of hydrogen-bond acceptors (Lipinski definition) is 5. The molecule has 2 aromatic heterocycles. The highest BCUT2D eigenvalue weighted by Crippen LogP contribution is 2.36. The molecule has 2 N–H and O–H groups in total. The van der Waals surface area contributed by atoms with Crippen LogP contribution in [0.25, 0.3) is 22.6 Å². The molecule has 0 bridgehead atoms. The molecule has 11 heteroatoms. The van der Waals surface area contributed by atoms with Gasteiger partial charge in [-0.3, -0.25) is 0 Å². The van der Waals surface area contributed by atoms with Crippen LogP contribution in [0.1, 0.15) is 11.1 Å². The van der Waals surface area contributed by atoms with Crippen LogP contribution in [0.15, 0.2) is 40.8 Å². The summed E-state index contributed by atoms with van der Waals surface area (Å²) < 4.78 is 44.1. The lowest BCUT2D eigenvalue weighted by atomic mass is 10.1. The van der Waals surface area contributed by atoms with Crippen LogP contribution < -0.4 is 5.32 Å². The number of halogens is 5. The number of fused-ring (bicyclic) bond motifs is 1. The van der Waals surface area contributed by atoms with E-state index in [1.54, 1.807) is 18.2 Å². The van der Waals surface area contributed by atoms with Gasteiger partial charge in [0.05, 0.1) is 10.6 Å². The Kier molecular flexibility index (Phi) is 4.64. The average Bonchev–Trinajstić information content (AvgIpc) is 3.27. The first kappa shape index (κ1) is 18.6. The van der Waals surface area contributed by atoms with Gasteiger partial charge in [0.2, 0.25) is 5.82 Å². The van der Waals surface area contributed by atoms with Gasteiger partial charge in [-0.1, -0.05) is 23.2 Å². The summed E-state index contributed by atoms with van der Waals surface area (Å²) in [6.07, 6.45) is -4.50. The van der Waals surface area contributed by atoms with E-state index >= 15 is 0 Å². The minimum absolute atomic E-state index is 0.260. The number of alkyl halides is 3. The van der Waals surface area contributed by atoms with Crippen molar-refractivity contribution < 1.29 is 17.6 Å². The monoisotopic (exact) mass is 427 g/mol. The summed E-state index contributed by atoms with van der Waals surface area (Å²) in [7, 11) is 0. The van der Waals surface area contributed by atoms with Crippen LogP contribution in [0.2, 0.25) is 10.0 Å². The van der Waals surface area contributed by atoms with Crippen molar-refractivity contribution in [3.63, 3.8) is 0 Å². The van der Waals surface area contributed by atoms with E-state index in [0.29, 0.717) is 33.4 Å². The van der Waals surface area contributed by atoms with Crippen LogP contribution in [0.4, 0.5) is 18.9 Å². The number of aromatic nitrogens is 4. The van der Waals surface area contributed by atoms with Gasteiger partial charge in [-0.05, 0) is 52.4 Å². The number of benzene rings is 2. The predicted octanol–water partition coefficient (Wildman–Crippen LogP) is 5.55. The van der Waals surface area contributed by atoms with E-state index < -0.39 is 11.7 Å². The van der Waals surface area contributed by atoms with Crippen molar-refractivity contribution in [1.82, 2.24) is 20.6 Å². The number of hydrogen-bond donors (Lipinski definition) is 2. The normalized spacial score (nSPS) is 11.9. The Morgan fingerprint density at radius 1 is 1.07 bits per heavy atom. The zero-order valence-electron chi connectivity index (χ0n) is 13.8. The fraction of sp³-hybridized carbons (Fsp3) is 0.118. The maximum atomic E-state index is 12.8. The number of nitrogens with one attached hydrogen (secondary N) is 2. The smallest absolute Gasteiger partial charge is 0.417 e. The maximum absolute atomic E-state index is 12.8. The van der Waals surface area contributed by atoms with E-state index in [4.69, 9.17) is 27.6 Å². The average molecular weight is 428 g/mol. The fourth-order valence-corrected chi connectivity index (χ4v) is 3.20. The van der Waals surface area contributed by atoms with Crippen molar-refractivity contribution in [2.45, 2.75) is 12.7 Å². The van der Waals surface area contributed by atoms with Crippen LogP contribution in [-0.2, 0) is 12.7 Å². The molecule has 0 saturated heterocycles. The Morgan fingerprint density at radius 2 is 1.89 bits per heavy atom. The van der Waals surface area contributed by atoms with Crippen LogP contribution in [0.5, 0.6) is 0 Å². The molecule has 0 amide bonds. The van der Waals surface area contributed by atoms with Gasteiger partial charge in [-0.2, -0.15) is 13.2 Å². The van der Waals surface area contributed by atoms with E-state index in [-0.39, 0.29) is 11.6 Å². The molecule has 144 valence electrons. The van der Waals surface area contributed by atoms with Gasteiger partial charge in [0.25, 0.3) is 0 Å². The summed E-state index contributed by atoms with van der Waals surface area (Å²) in [4.78, 5) is 0. The van der Waals surface area contributed by atoms with Crippen molar-refractivity contribution in [3.8, 4) is 11.6 Å². The first-order chi connectivity index (χ1) is 13.3. The third kappa shape index (κ3) is 3.63. The summed E-state index contributed by atoms with van der Waals surface area (Å²) in [5, 5.41) is 17.2. The van der Waals surface area contributed by atoms with Crippen LogP contribution in [0.3, 0.4) is 0 Å². The van der Waals surface area contributed by atoms with Crippen molar-refractivity contribution in [3.05, 3.63) is 57.6 Å². The lowest BCUT2D eigenvalue weighted by molar-refractivity contribution is -0.137. The SMILES string of the molecule is FC(F)(F)c1ccc(NCc2cc3oc(-c4nnn[nH]4)cc3cc2Cl)cc1Cl. The number of tetrazole rings is 1. The molecule has 0 aliphatic rings.